The number of hydrogen-bond donors (Lipinski definition) is 0. The zero-order chi connectivity index (χ0) is 14.5. The molecule has 20 heavy (non-hydrogen) atoms. The maximum Gasteiger partial charge on any atom is 0.338 e. The van der Waals surface area contributed by atoms with Crippen LogP contribution in [0.4, 0.5) is 0 Å². The second kappa shape index (κ2) is 6.57. The van der Waals surface area contributed by atoms with E-state index in [2.05, 4.69) is 15.9 Å². The van der Waals surface area contributed by atoms with Gasteiger partial charge in [0.25, 0.3) is 0 Å². The fourth-order valence-corrected chi connectivity index (χ4v) is 2.76. The monoisotopic (exact) mass is 334 g/mol. The molecule has 104 valence electrons. The highest BCUT2D eigenvalue weighted by Crippen LogP contribution is 2.34. The number of benzene rings is 2. The van der Waals surface area contributed by atoms with Gasteiger partial charge < -0.3 is 9.47 Å². The summed E-state index contributed by atoms with van der Waals surface area (Å²) < 4.78 is 10.2. The smallest absolute Gasteiger partial charge is 0.338 e. The Morgan fingerprint density at radius 2 is 1.75 bits per heavy atom. The molecular weight excluding hydrogens is 320 g/mol. The van der Waals surface area contributed by atoms with Crippen molar-refractivity contribution in [1.29, 1.82) is 0 Å². The van der Waals surface area contributed by atoms with Crippen LogP contribution in [-0.4, -0.2) is 20.2 Å². The zero-order valence-corrected chi connectivity index (χ0v) is 12.9. The van der Waals surface area contributed by atoms with Crippen LogP contribution < -0.4 is 4.74 Å². The summed E-state index contributed by atoms with van der Waals surface area (Å²) in [4.78, 5) is 11.9. The Bertz CT molecular complexity index is 623. The third kappa shape index (κ3) is 2.70. The van der Waals surface area contributed by atoms with Gasteiger partial charge in [-0.15, -0.1) is 0 Å². The topological polar surface area (TPSA) is 35.5 Å². The molecule has 0 unspecified atom stereocenters. The van der Waals surface area contributed by atoms with Gasteiger partial charge in [0.2, 0.25) is 0 Å². The number of rotatable bonds is 4. The minimum atomic E-state index is -0.337. The average Bonchev–Trinajstić information content (AvgIpc) is 2.53. The molecule has 2 aromatic carbocycles. The second-order valence-electron chi connectivity index (χ2n) is 4.16. The van der Waals surface area contributed by atoms with Crippen molar-refractivity contribution in [2.24, 2.45) is 0 Å². The van der Waals surface area contributed by atoms with Crippen LogP contribution in [0.15, 0.2) is 42.5 Å². The SMILES string of the molecule is COC(=O)c1cccc(-c2ccccc2OC)c1CBr. The molecule has 0 saturated heterocycles. The van der Waals surface area contributed by atoms with E-state index in [1.54, 1.807) is 13.2 Å². The largest absolute Gasteiger partial charge is 0.496 e. The Morgan fingerprint density at radius 1 is 1.05 bits per heavy atom. The summed E-state index contributed by atoms with van der Waals surface area (Å²) in [6.45, 7) is 0. The van der Waals surface area contributed by atoms with E-state index >= 15 is 0 Å². The van der Waals surface area contributed by atoms with Crippen LogP contribution in [0.2, 0.25) is 0 Å². The van der Waals surface area contributed by atoms with Gasteiger partial charge in [0.1, 0.15) is 5.75 Å². The lowest BCUT2D eigenvalue weighted by atomic mass is 9.96. The summed E-state index contributed by atoms with van der Waals surface area (Å²) in [5.74, 6) is 0.438. The number of alkyl halides is 1. The van der Waals surface area contributed by atoms with Gasteiger partial charge >= 0.3 is 5.97 Å². The van der Waals surface area contributed by atoms with Gasteiger partial charge in [-0.05, 0) is 23.3 Å². The van der Waals surface area contributed by atoms with Crippen LogP contribution in [0.1, 0.15) is 15.9 Å². The second-order valence-corrected chi connectivity index (χ2v) is 4.72. The van der Waals surface area contributed by atoms with E-state index in [0.29, 0.717) is 10.9 Å². The van der Waals surface area contributed by atoms with Crippen molar-refractivity contribution in [2.75, 3.05) is 14.2 Å². The summed E-state index contributed by atoms with van der Waals surface area (Å²) in [6, 6.07) is 13.3. The van der Waals surface area contributed by atoms with Crippen LogP contribution in [0.3, 0.4) is 0 Å². The Morgan fingerprint density at radius 3 is 2.40 bits per heavy atom. The molecule has 0 aliphatic rings. The molecule has 0 aromatic heterocycles. The normalized spacial score (nSPS) is 10.2. The van der Waals surface area contributed by atoms with E-state index in [4.69, 9.17) is 9.47 Å². The molecule has 0 saturated carbocycles. The van der Waals surface area contributed by atoms with Crippen LogP contribution in [0, 0.1) is 0 Å². The highest BCUT2D eigenvalue weighted by molar-refractivity contribution is 9.08. The van der Waals surface area contributed by atoms with Crippen LogP contribution >= 0.6 is 15.9 Å². The van der Waals surface area contributed by atoms with E-state index in [-0.39, 0.29) is 5.97 Å². The standard InChI is InChI=1S/C16H15BrO3/c1-19-15-9-4-3-6-12(15)11-7-5-8-13(14(11)10-17)16(18)20-2/h3-9H,10H2,1-2H3. The zero-order valence-electron chi connectivity index (χ0n) is 11.4. The first kappa shape index (κ1) is 14.6. The predicted molar refractivity (Wildman–Crippen MR) is 82.4 cm³/mol. The Balaban J connectivity index is 2.65. The molecule has 2 rings (SSSR count). The molecule has 0 spiro atoms. The predicted octanol–water partition coefficient (Wildman–Crippen LogP) is 4.04. The molecule has 0 radical (unpaired) electrons. The lowest BCUT2D eigenvalue weighted by molar-refractivity contribution is 0.0600. The molecule has 0 bridgehead atoms. The fourth-order valence-electron chi connectivity index (χ4n) is 2.15. The number of halogens is 1. The summed E-state index contributed by atoms with van der Waals surface area (Å²) >= 11 is 3.45. The van der Waals surface area contributed by atoms with Crippen LogP contribution in [-0.2, 0) is 10.1 Å². The first-order valence-corrected chi connectivity index (χ1v) is 7.24. The van der Waals surface area contributed by atoms with Crippen molar-refractivity contribution in [3.63, 3.8) is 0 Å². The molecule has 0 fully saturated rings. The first-order valence-electron chi connectivity index (χ1n) is 6.12. The Hall–Kier alpha value is -1.81. The molecule has 4 heteroatoms. The summed E-state index contributed by atoms with van der Waals surface area (Å²) in [6.07, 6.45) is 0. The number of methoxy groups -OCH3 is 2. The average molecular weight is 335 g/mol. The van der Waals surface area contributed by atoms with Gasteiger partial charge in [-0.2, -0.15) is 0 Å². The quantitative estimate of drug-likeness (QED) is 0.625. The van der Waals surface area contributed by atoms with Gasteiger partial charge in [-0.25, -0.2) is 4.79 Å². The number of carbonyl (C=O) groups excluding carboxylic acids is 1. The lowest BCUT2D eigenvalue weighted by Gasteiger charge is -2.14. The van der Waals surface area contributed by atoms with Crippen molar-refractivity contribution < 1.29 is 14.3 Å². The number of para-hydroxylation sites is 1. The van der Waals surface area contributed by atoms with Crippen molar-refractivity contribution in [3.05, 3.63) is 53.6 Å². The molecule has 2 aromatic rings. The Kier molecular flexibility index (Phi) is 4.79. The van der Waals surface area contributed by atoms with Gasteiger partial charge in [-0.3, -0.25) is 0 Å². The maximum atomic E-state index is 11.9. The third-order valence-electron chi connectivity index (χ3n) is 3.11. The van der Waals surface area contributed by atoms with Gasteiger partial charge in [0, 0.05) is 10.9 Å². The van der Waals surface area contributed by atoms with Gasteiger partial charge in [0.05, 0.1) is 19.8 Å². The molecule has 0 amide bonds. The van der Waals surface area contributed by atoms with E-state index in [1.807, 2.05) is 36.4 Å². The van der Waals surface area contributed by atoms with Gasteiger partial charge in [0.15, 0.2) is 0 Å². The van der Waals surface area contributed by atoms with E-state index in [1.165, 1.54) is 7.11 Å². The van der Waals surface area contributed by atoms with E-state index < -0.39 is 0 Å². The Labute approximate surface area is 126 Å². The van der Waals surface area contributed by atoms with Gasteiger partial charge in [-0.1, -0.05) is 46.3 Å². The molecule has 0 heterocycles. The molecule has 0 atom stereocenters. The van der Waals surface area contributed by atoms with Crippen molar-refractivity contribution >= 4 is 21.9 Å². The van der Waals surface area contributed by atoms with Crippen LogP contribution in [0.25, 0.3) is 11.1 Å². The first-order chi connectivity index (χ1) is 9.72. The minimum absolute atomic E-state index is 0.337. The highest BCUT2D eigenvalue weighted by Gasteiger charge is 2.17. The summed E-state index contributed by atoms with van der Waals surface area (Å²) in [5.41, 5.74) is 3.37. The molecular formula is C16H15BrO3. The van der Waals surface area contributed by atoms with Crippen LogP contribution in [0.5, 0.6) is 5.75 Å². The van der Waals surface area contributed by atoms with Crippen molar-refractivity contribution in [3.8, 4) is 16.9 Å². The highest BCUT2D eigenvalue weighted by atomic mass is 79.9. The number of hydrogen-bond acceptors (Lipinski definition) is 3. The number of ether oxygens (including phenoxy) is 2. The third-order valence-corrected chi connectivity index (χ3v) is 3.67. The molecule has 0 N–H and O–H groups in total. The molecule has 0 aliphatic heterocycles. The summed E-state index contributed by atoms with van der Waals surface area (Å²) in [7, 11) is 3.02. The maximum absolute atomic E-state index is 11.9. The molecule has 3 nitrogen and oxygen atoms in total. The number of carbonyl (C=O) groups is 1. The number of esters is 1. The van der Waals surface area contributed by atoms with E-state index in [9.17, 15) is 4.79 Å². The van der Waals surface area contributed by atoms with Crippen molar-refractivity contribution in [1.82, 2.24) is 0 Å². The molecule has 0 aliphatic carbocycles. The fraction of sp³-hybridized carbons (Fsp3) is 0.188. The van der Waals surface area contributed by atoms with E-state index in [0.717, 1.165) is 22.4 Å². The van der Waals surface area contributed by atoms with Crippen molar-refractivity contribution in [2.45, 2.75) is 5.33 Å². The summed E-state index contributed by atoms with van der Waals surface area (Å²) in [5, 5.41) is 0.561. The minimum Gasteiger partial charge on any atom is -0.496 e. The lowest BCUT2D eigenvalue weighted by Crippen LogP contribution is -2.06.